The van der Waals surface area contributed by atoms with Crippen molar-refractivity contribution >= 4 is 27.3 Å². The van der Waals surface area contributed by atoms with Gasteiger partial charge in [-0.3, -0.25) is 0 Å². The van der Waals surface area contributed by atoms with Gasteiger partial charge in [-0.05, 0) is 36.4 Å². The molecule has 0 saturated heterocycles. The molecule has 2 aromatic carbocycles. The Balaban J connectivity index is 2.41. The summed E-state index contributed by atoms with van der Waals surface area (Å²) in [5.41, 5.74) is -0.994. The van der Waals surface area contributed by atoms with Gasteiger partial charge in [0.2, 0.25) is 0 Å². The predicted octanol–water partition coefficient (Wildman–Crippen LogP) is 5.22. The third kappa shape index (κ3) is 3.52. The number of alkyl halides is 3. The summed E-state index contributed by atoms with van der Waals surface area (Å²) >= 11 is 3.16. The molecule has 0 aliphatic rings. The Morgan fingerprint density at radius 3 is 2.38 bits per heavy atom. The molecule has 0 atom stereocenters. The molecule has 1 N–H and O–H groups in total. The highest BCUT2D eigenvalue weighted by molar-refractivity contribution is 9.10. The van der Waals surface area contributed by atoms with Crippen molar-refractivity contribution < 1.29 is 17.6 Å². The number of hydrogen-bond donors (Lipinski definition) is 1. The quantitative estimate of drug-likeness (QED) is 0.746. The van der Waals surface area contributed by atoms with E-state index >= 15 is 0 Å². The van der Waals surface area contributed by atoms with Crippen LogP contribution in [-0.2, 0) is 6.18 Å². The van der Waals surface area contributed by atoms with Gasteiger partial charge in [-0.25, -0.2) is 4.39 Å². The average Bonchev–Trinajstić information content (AvgIpc) is 2.42. The van der Waals surface area contributed by atoms with E-state index in [1.165, 1.54) is 18.2 Å². The first-order chi connectivity index (χ1) is 9.81. The van der Waals surface area contributed by atoms with Crippen molar-refractivity contribution in [1.29, 1.82) is 5.26 Å². The number of nitrogens with zero attached hydrogens (tertiary/aromatic N) is 1. The number of nitrogens with one attached hydrogen (secondary N) is 1. The summed E-state index contributed by atoms with van der Waals surface area (Å²) in [4.78, 5) is 0. The number of benzene rings is 2. The lowest BCUT2D eigenvalue weighted by Gasteiger charge is -2.12. The molecule has 2 rings (SSSR count). The molecular formula is C14H7BrF4N2. The summed E-state index contributed by atoms with van der Waals surface area (Å²) in [6, 6.07) is 8.42. The zero-order chi connectivity index (χ0) is 15.6. The topological polar surface area (TPSA) is 35.8 Å². The second-order valence-electron chi connectivity index (χ2n) is 4.12. The number of nitriles is 1. The SMILES string of the molecule is N#Cc1cc(C(F)(F)F)ccc1Nc1cc(Br)ccc1F. The molecule has 21 heavy (non-hydrogen) atoms. The van der Waals surface area contributed by atoms with Gasteiger partial charge in [-0.2, -0.15) is 18.4 Å². The fourth-order valence-electron chi connectivity index (χ4n) is 1.66. The molecule has 7 heteroatoms. The van der Waals surface area contributed by atoms with E-state index in [2.05, 4.69) is 21.2 Å². The molecule has 0 aromatic heterocycles. The van der Waals surface area contributed by atoms with E-state index in [0.717, 1.165) is 18.2 Å². The van der Waals surface area contributed by atoms with Crippen LogP contribution in [-0.4, -0.2) is 0 Å². The molecule has 0 spiro atoms. The van der Waals surface area contributed by atoms with Gasteiger partial charge in [-0.15, -0.1) is 0 Å². The van der Waals surface area contributed by atoms with Crippen molar-refractivity contribution in [1.82, 2.24) is 0 Å². The van der Waals surface area contributed by atoms with Crippen LogP contribution in [0.3, 0.4) is 0 Å². The van der Waals surface area contributed by atoms with Crippen molar-refractivity contribution in [3.05, 3.63) is 57.8 Å². The maximum absolute atomic E-state index is 13.6. The van der Waals surface area contributed by atoms with E-state index in [1.807, 2.05) is 0 Å². The minimum atomic E-state index is -4.54. The van der Waals surface area contributed by atoms with Gasteiger partial charge in [0.25, 0.3) is 0 Å². The molecule has 0 aliphatic heterocycles. The summed E-state index contributed by atoms with van der Waals surface area (Å²) < 4.78 is 52.0. The highest BCUT2D eigenvalue weighted by Gasteiger charge is 2.31. The van der Waals surface area contributed by atoms with Crippen LogP contribution in [0.2, 0.25) is 0 Å². The van der Waals surface area contributed by atoms with E-state index in [4.69, 9.17) is 5.26 Å². The van der Waals surface area contributed by atoms with Crippen molar-refractivity contribution in [2.75, 3.05) is 5.32 Å². The fraction of sp³-hybridized carbons (Fsp3) is 0.0714. The molecule has 0 amide bonds. The smallest absolute Gasteiger partial charge is 0.352 e. The van der Waals surface area contributed by atoms with E-state index in [1.54, 1.807) is 6.07 Å². The molecule has 0 fully saturated rings. The van der Waals surface area contributed by atoms with E-state index < -0.39 is 17.6 Å². The van der Waals surface area contributed by atoms with Crippen LogP contribution in [0.15, 0.2) is 40.9 Å². The van der Waals surface area contributed by atoms with Gasteiger partial charge in [0, 0.05) is 4.47 Å². The molecule has 2 aromatic rings. The monoisotopic (exact) mass is 358 g/mol. The molecule has 2 nitrogen and oxygen atoms in total. The number of halogens is 5. The van der Waals surface area contributed by atoms with E-state index in [0.29, 0.717) is 4.47 Å². The minimum Gasteiger partial charge on any atom is -0.352 e. The predicted molar refractivity (Wildman–Crippen MR) is 73.5 cm³/mol. The lowest BCUT2D eigenvalue weighted by Crippen LogP contribution is -2.06. The first-order valence-electron chi connectivity index (χ1n) is 5.64. The molecule has 0 bridgehead atoms. The highest BCUT2D eigenvalue weighted by atomic mass is 79.9. The van der Waals surface area contributed by atoms with Crippen LogP contribution in [0, 0.1) is 17.1 Å². The average molecular weight is 359 g/mol. The second kappa shape index (κ2) is 5.74. The third-order valence-corrected chi connectivity index (χ3v) is 3.16. The van der Waals surface area contributed by atoms with Crippen LogP contribution in [0.4, 0.5) is 28.9 Å². The van der Waals surface area contributed by atoms with Crippen LogP contribution < -0.4 is 5.32 Å². The Labute approximate surface area is 126 Å². The fourth-order valence-corrected chi connectivity index (χ4v) is 2.02. The Kier molecular flexibility index (Phi) is 4.19. The zero-order valence-electron chi connectivity index (χ0n) is 10.3. The molecule has 0 aliphatic carbocycles. The normalized spacial score (nSPS) is 11.0. The van der Waals surface area contributed by atoms with Crippen LogP contribution >= 0.6 is 15.9 Å². The Bertz CT molecular complexity index is 720. The lowest BCUT2D eigenvalue weighted by atomic mass is 10.1. The standard InChI is InChI=1S/C14H7BrF4N2/c15-10-2-3-11(16)13(6-10)21-12-4-1-9(14(17,18)19)5-8(12)7-20/h1-6,21H. The van der Waals surface area contributed by atoms with Crippen molar-refractivity contribution in [3.63, 3.8) is 0 Å². The minimum absolute atomic E-state index is 0.0561. The third-order valence-electron chi connectivity index (χ3n) is 2.67. The largest absolute Gasteiger partial charge is 0.416 e. The first kappa shape index (κ1) is 15.3. The summed E-state index contributed by atoms with van der Waals surface area (Å²) in [5, 5.41) is 11.6. The highest BCUT2D eigenvalue weighted by Crippen LogP contribution is 2.33. The zero-order valence-corrected chi connectivity index (χ0v) is 11.9. The molecule has 0 heterocycles. The Hall–Kier alpha value is -2.07. The molecular weight excluding hydrogens is 352 g/mol. The molecule has 0 radical (unpaired) electrons. The van der Waals surface area contributed by atoms with Gasteiger partial charge in [0.1, 0.15) is 11.9 Å². The molecule has 0 unspecified atom stereocenters. The Morgan fingerprint density at radius 1 is 1.05 bits per heavy atom. The summed E-state index contributed by atoms with van der Waals surface area (Å²) in [5.74, 6) is -0.581. The second-order valence-corrected chi connectivity index (χ2v) is 5.03. The first-order valence-corrected chi connectivity index (χ1v) is 6.44. The van der Waals surface area contributed by atoms with Crippen LogP contribution in [0.25, 0.3) is 0 Å². The van der Waals surface area contributed by atoms with Gasteiger partial charge < -0.3 is 5.32 Å². The van der Waals surface area contributed by atoms with Gasteiger partial charge in [0.15, 0.2) is 0 Å². The summed E-state index contributed by atoms with van der Waals surface area (Å²) in [6.45, 7) is 0. The van der Waals surface area contributed by atoms with Crippen molar-refractivity contribution in [2.45, 2.75) is 6.18 Å². The van der Waals surface area contributed by atoms with Gasteiger partial charge in [0.05, 0.1) is 22.5 Å². The van der Waals surface area contributed by atoms with Crippen LogP contribution in [0.1, 0.15) is 11.1 Å². The summed E-state index contributed by atoms with van der Waals surface area (Å²) in [7, 11) is 0. The number of anilines is 2. The maximum Gasteiger partial charge on any atom is 0.416 e. The van der Waals surface area contributed by atoms with Crippen LogP contribution in [0.5, 0.6) is 0 Å². The molecule has 0 saturated carbocycles. The molecule has 108 valence electrons. The Morgan fingerprint density at radius 2 is 1.76 bits per heavy atom. The van der Waals surface area contributed by atoms with Crippen molar-refractivity contribution in [3.8, 4) is 6.07 Å². The van der Waals surface area contributed by atoms with Crippen molar-refractivity contribution in [2.24, 2.45) is 0 Å². The van der Waals surface area contributed by atoms with Gasteiger partial charge in [-0.1, -0.05) is 15.9 Å². The lowest BCUT2D eigenvalue weighted by molar-refractivity contribution is -0.137. The van der Waals surface area contributed by atoms with E-state index in [-0.39, 0.29) is 16.9 Å². The number of rotatable bonds is 2. The number of hydrogen-bond acceptors (Lipinski definition) is 2. The van der Waals surface area contributed by atoms with Gasteiger partial charge >= 0.3 is 6.18 Å². The summed E-state index contributed by atoms with van der Waals surface area (Å²) in [6.07, 6.45) is -4.54. The van der Waals surface area contributed by atoms with E-state index in [9.17, 15) is 17.6 Å². The maximum atomic E-state index is 13.6.